The molecule has 0 aromatic heterocycles. The van der Waals surface area contributed by atoms with Crippen LogP contribution in [-0.4, -0.2) is 18.5 Å². The molecule has 0 unspecified atom stereocenters. The summed E-state index contributed by atoms with van der Waals surface area (Å²) in [6.45, 7) is 1.88. The van der Waals surface area contributed by atoms with Gasteiger partial charge in [-0.3, -0.25) is 4.79 Å². The second kappa shape index (κ2) is 4.32. The summed E-state index contributed by atoms with van der Waals surface area (Å²) in [6, 6.07) is 0. The molecule has 0 aromatic rings. The molecule has 0 bridgehead atoms. The fourth-order valence-corrected chi connectivity index (χ4v) is 0.382. The van der Waals surface area contributed by atoms with E-state index in [1.165, 1.54) is 0 Å². The molecular formula is C6H10N2O3. The van der Waals surface area contributed by atoms with Crippen molar-refractivity contribution >= 4 is 11.9 Å². The monoisotopic (exact) mass is 158 g/mol. The van der Waals surface area contributed by atoms with Crippen LogP contribution in [0.1, 0.15) is 6.92 Å². The van der Waals surface area contributed by atoms with Gasteiger partial charge in [0.05, 0.1) is 12.7 Å². The van der Waals surface area contributed by atoms with Crippen LogP contribution < -0.4 is 11.5 Å². The van der Waals surface area contributed by atoms with Gasteiger partial charge in [0.25, 0.3) is 5.91 Å². The fraction of sp³-hybridized carbons (Fsp3) is 0.333. The van der Waals surface area contributed by atoms with Gasteiger partial charge in [0.1, 0.15) is 5.70 Å². The summed E-state index contributed by atoms with van der Waals surface area (Å²) >= 11 is 0. The first-order valence-electron chi connectivity index (χ1n) is 3.01. The minimum atomic E-state index is -0.835. The number of rotatable bonds is 3. The standard InChI is InChI=1S/C6H10N2O3/c1-2-11-5(9)3-4(7)6(8)10/h3H,2,7H2,1H3,(H2,8,10). The first kappa shape index (κ1) is 9.48. The average Bonchev–Trinajstić information content (AvgIpc) is 1.87. The van der Waals surface area contributed by atoms with Crippen molar-refractivity contribution in [2.45, 2.75) is 6.92 Å². The molecule has 5 nitrogen and oxygen atoms in total. The van der Waals surface area contributed by atoms with E-state index in [2.05, 4.69) is 4.74 Å². The van der Waals surface area contributed by atoms with Crippen LogP contribution in [0.25, 0.3) is 0 Å². The van der Waals surface area contributed by atoms with Gasteiger partial charge in [-0.2, -0.15) is 0 Å². The van der Waals surface area contributed by atoms with Gasteiger partial charge in [-0.25, -0.2) is 4.79 Å². The zero-order valence-corrected chi connectivity index (χ0v) is 6.16. The van der Waals surface area contributed by atoms with E-state index in [0.717, 1.165) is 6.08 Å². The van der Waals surface area contributed by atoms with Crippen LogP contribution in [-0.2, 0) is 14.3 Å². The quantitative estimate of drug-likeness (QED) is 0.401. The number of ether oxygens (including phenoxy) is 1. The average molecular weight is 158 g/mol. The Kier molecular flexibility index (Phi) is 3.72. The smallest absolute Gasteiger partial charge is 0.333 e. The molecule has 0 rings (SSSR count). The highest BCUT2D eigenvalue weighted by atomic mass is 16.5. The van der Waals surface area contributed by atoms with E-state index in [1.807, 2.05) is 0 Å². The summed E-state index contributed by atoms with van der Waals surface area (Å²) in [5.74, 6) is -1.50. The minimum Gasteiger partial charge on any atom is -0.463 e. The first-order valence-corrected chi connectivity index (χ1v) is 3.01. The summed E-state index contributed by atoms with van der Waals surface area (Å²) in [5, 5.41) is 0. The number of esters is 1. The number of hydrogen-bond acceptors (Lipinski definition) is 4. The molecular weight excluding hydrogens is 148 g/mol. The molecule has 0 spiro atoms. The molecule has 4 N–H and O–H groups in total. The Morgan fingerprint density at radius 1 is 1.45 bits per heavy atom. The second-order valence-corrected chi connectivity index (χ2v) is 1.72. The maximum atomic E-state index is 10.6. The molecule has 5 heteroatoms. The predicted molar refractivity (Wildman–Crippen MR) is 38.1 cm³/mol. The Bertz CT molecular complexity index is 198. The van der Waals surface area contributed by atoms with Crippen LogP contribution in [0.2, 0.25) is 0 Å². The zero-order chi connectivity index (χ0) is 8.85. The lowest BCUT2D eigenvalue weighted by Gasteiger charge is -1.96. The topological polar surface area (TPSA) is 95.4 Å². The van der Waals surface area contributed by atoms with E-state index in [9.17, 15) is 9.59 Å². The third kappa shape index (κ3) is 3.96. The highest BCUT2D eigenvalue weighted by Gasteiger charge is 2.02. The van der Waals surface area contributed by atoms with Gasteiger partial charge < -0.3 is 16.2 Å². The van der Waals surface area contributed by atoms with Gasteiger partial charge in [0.15, 0.2) is 0 Å². The summed E-state index contributed by atoms with van der Waals surface area (Å²) in [5.41, 5.74) is 9.47. The van der Waals surface area contributed by atoms with Gasteiger partial charge in [-0.1, -0.05) is 0 Å². The minimum absolute atomic E-state index is 0.237. The summed E-state index contributed by atoms with van der Waals surface area (Å²) < 4.78 is 4.46. The van der Waals surface area contributed by atoms with Gasteiger partial charge in [-0.05, 0) is 6.92 Å². The van der Waals surface area contributed by atoms with E-state index in [-0.39, 0.29) is 12.3 Å². The van der Waals surface area contributed by atoms with Crippen LogP contribution in [0.3, 0.4) is 0 Å². The molecule has 0 aliphatic carbocycles. The number of hydrogen-bond donors (Lipinski definition) is 2. The predicted octanol–water partition coefficient (Wildman–Crippen LogP) is -1.12. The number of primary amides is 1. The Morgan fingerprint density at radius 3 is 2.36 bits per heavy atom. The van der Waals surface area contributed by atoms with Crippen molar-refractivity contribution in [3.8, 4) is 0 Å². The van der Waals surface area contributed by atoms with Crippen molar-refractivity contribution < 1.29 is 14.3 Å². The van der Waals surface area contributed by atoms with E-state index in [1.54, 1.807) is 6.92 Å². The maximum absolute atomic E-state index is 10.6. The van der Waals surface area contributed by atoms with E-state index < -0.39 is 11.9 Å². The number of carbonyl (C=O) groups excluding carboxylic acids is 2. The molecule has 0 aromatic carbocycles. The van der Waals surface area contributed by atoms with Crippen molar-refractivity contribution in [2.75, 3.05) is 6.61 Å². The highest BCUT2D eigenvalue weighted by molar-refractivity contribution is 5.97. The zero-order valence-electron chi connectivity index (χ0n) is 6.16. The Hall–Kier alpha value is -1.52. The van der Waals surface area contributed by atoms with Gasteiger partial charge >= 0.3 is 5.97 Å². The van der Waals surface area contributed by atoms with E-state index in [4.69, 9.17) is 11.5 Å². The van der Waals surface area contributed by atoms with Crippen LogP contribution in [0.15, 0.2) is 11.8 Å². The molecule has 62 valence electrons. The summed E-state index contributed by atoms with van der Waals surface area (Å²) in [6.07, 6.45) is 0.853. The van der Waals surface area contributed by atoms with Crippen LogP contribution >= 0.6 is 0 Å². The largest absolute Gasteiger partial charge is 0.463 e. The number of nitrogens with two attached hydrogens (primary N) is 2. The molecule has 0 fully saturated rings. The third-order valence-corrected chi connectivity index (χ3v) is 0.844. The molecule has 1 amide bonds. The third-order valence-electron chi connectivity index (χ3n) is 0.844. The molecule has 0 aliphatic rings. The molecule has 0 saturated heterocycles. The van der Waals surface area contributed by atoms with E-state index in [0.29, 0.717) is 0 Å². The molecule has 0 aliphatic heterocycles. The van der Waals surface area contributed by atoms with Crippen LogP contribution in [0.5, 0.6) is 0 Å². The molecule has 0 saturated carbocycles. The SMILES string of the molecule is CCOC(=O)C=C(N)C(N)=O. The molecule has 0 radical (unpaired) electrons. The van der Waals surface area contributed by atoms with Gasteiger partial charge in [0.2, 0.25) is 0 Å². The summed E-state index contributed by atoms with van der Waals surface area (Å²) in [4.78, 5) is 20.8. The number of carbonyl (C=O) groups is 2. The van der Waals surface area contributed by atoms with Crippen molar-refractivity contribution in [1.29, 1.82) is 0 Å². The van der Waals surface area contributed by atoms with E-state index >= 15 is 0 Å². The second-order valence-electron chi connectivity index (χ2n) is 1.72. The summed E-state index contributed by atoms with van der Waals surface area (Å²) in [7, 11) is 0. The maximum Gasteiger partial charge on any atom is 0.333 e. The van der Waals surface area contributed by atoms with Crippen molar-refractivity contribution in [2.24, 2.45) is 11.5 Å². The lowest BCUT2D eigenvalue weighted by molar-refractivity contribution is -0.137. The van der Waals surface area contributed by atoms with Crippen molar-refractivity contribution in [1.82, 2.24) is 0 Å². The van der Waals surface area contributed by atoms with Gasteiger partial charge in [0, 0.05) is 0 Å². The van der Waals surface area contributed by atoms with Crippen LogP contribution in [0.4, 0.5) is 0 Å². The Balaban J connectivity index is 4.08. The van der Waals surface area contributed by atoms with Crippen LogP contribution in [0, 0.1) is 0 Å². The van der Waals surface area contributed by atoms with Crippen molar-refractivity contribution in [3.63, 3.8) is 0 Å². The molecule has 0 heterocycles. The normalized spacial score (nSPS) is 10.8. The van der Waals surface area contributed by atoms with Gasteiger partial charge in [-0.15, -0.1) is 0 Å². The molecule has 0 atom stereocenters. The Labute approximate surface area is 64.0 Å². The lowest BCUT2D eigenvalue weighted by Crippen LogP contribution is -2.21. The highest BCUT2D eigenvalue weighted by Crippen LogP contribution is 1.85. The lowest BCUT2D eigenvalue weighted by atomic mass is 10.4. The fourth-order valence-electron chi connectivity index (χ4n) is 0.382. The number of amides is 1. The molecule has 11 heavy (non-hydrogen) atoms. The first-order chi connectivity index (χ1) is 5.07. The van der Waals surface area contributed by atoms with Crippen molar-refractivity contribution in [3.05, 3.63) is 11.8 Å². The Morgan fingerprint density at radius 2 is 2.00 bits per heavy atom.